The van der Waals surface area contributed by atoms with Crippen LogP contribution in [-0.4, -0.2) is 37.0 Å². The predicted octanol–water partition coefficient (Wildman–Crippen LogP) is 3.31. The first kappa shape index (κ1) is 17.6. The second-order valence-corrected chi connectivity index (χ2v) is 6.63. The quantitative estimate of drug-likeness (QED) is 0.819. The van der Waals surface area contributed by atoms with Gasteiger partial charge in [0.25, 0.3) is 0 Å². The van der Waals surface area contributed by atoms with Gasteiger partial charge in [0.15, 0.2) is 0 Å². The molecule has 4 nitrogen and oxygen atoms in total. The third-order valence-corrected chi connectivity index (χ3v) is 4.96. The highest BCUT2D eigenvalue weighted by Gasteiger charge is 2.18. The zero-order chi connectivity index (χ0) is 16.8. The maximum Gasteiger partial charge on any atom is 0.222 e. The van der Waals surface area contributed by atoms with Crippen molar-refractivity contribution in [2.45, 2.75) is 46.5 Å². The second kappa shape index (κ2) is 8.23. The van der Waals surface area contributed by atoms with E-state index >= 15 is 0 Å². The number of rotatable bonds is 6. The van der Waals surface area contributed by atoms with Crippen LogP contribution < -0.4 is 10.6 Å². The van der Waals surface area contributed by atoms with Gasteiger partial charge in [-0.3, -0.25) is 4.79 Å². The summed E-state index contributed by atoms with van der Waals surface area (Å²) in [5, 5.41) is 0. The number of aryl methyl sites for hydroxylation is 1. The highest BCUT2D eigenvalue weighted by Crippen LogP contribution is 2.29. The van der Waals surface area contributed by atoms with Gasteiger partial charge in [-0.15, -0.1) is 0 Å². The number of anilines is 2. The van der Waals surface area contributed by atoms with Crippen LogP contribution in [0.15, 0.2) is 18.2 Å². The summed E-state index contributed by atoms with van der Waals surface area (Å²) in [6.45, 7) is 10.1. The van der Waals surface area contributed by atoms with E-state index < -0.39 is 0 Å². The van der Waals surface area contributed by atoms with Gasteiger partial charge in [-0.05, 0) is 56.7 Å². The standard InChI is InChI=1S/C19H31N3O/c1-4-21(5-2)19(23)9-7-16-6-8-18(17(20)14-16)22-12-10-15(3)11-13-22/h6,8,14-15H,4-5,7,9-13,20H2,1-3H3. The van der Waals surface area contributed by atoms with Crippen molar-refractivity contribution in [3.63, 3.8) is 0 Å². The highest BCUT2D eigenvalue weighted by atomic mass is 16.2. The maximum atomic E-state index is 12.1. The molecule has 1 aliphatic heterocycles. The molecule has 0 spiro atoms. The van der Waals surface area contributed by atoms with Gasteiger partial charge in [0.2, 0.25) is 5.91 Å². The number of piperidine rings is 1. The molecule has 0 aromatic heterocycles. The fraction of sp³-hybridized carbons (Fsp3) is 0.632. The summed E-state index contributed by atoms with van der Waals surface area (Å²) in [5.74, 6) is 1.04. The van der Waals surface area contributed by atoms with Gasteiger partial charge in [0.05, 0.1) is 11.4 Å². The van der Waals surface area contributed by atoms with E-state index in [0.717, 1.165) is 55.5 Å². The van der Waals surface area contributed by atoms with Crippen LogP contribution >= 0.6 is 0 Å². The lowest BCUT2D eigenvalue weighted by Crippen LogP contribution is -2.33. The Balaban J connectivity index is 1.95. The number of benzene rings is 1. The summed E-state index contributed by atoms with van der Waals surface area (Å²) in [6.07, 6.45) is 3.79. The molecular weight excluding hydrogens is 286 g/mol. The third kappa shape index (κ3) is 4.63. The normalized spacial score (nSPS) is 15.7. The lowest BCUT2D eigenvalue weighted by atomic mass is 9.98. The first-order chi connectivity index (χ1) is 11.0. The number of nitrogen functional groups attached to an aromatic ring is 1. The smallest absolute Gasteiger partial charge is 0.222 e. The Bertz CT molecular complexity index is 517. The molecule has 0 aliphatic carbocycles. The summed E-state index contributed by atoms with van der Waals surface area (Å²) in [4.78, 5) is 16.4. The SMILES string of the molecule is CCN(CC)C(=O)CCc1ccc(N2CCC(C)CC2)c(N)c1. The van der Waals surface area contributed by atoms with Crippen molar-refractivity contribution in [1.82, 2.24) is 4.90 Å². The molecule has 1 fully saturated rings. The van der Waals surface area contributed by atoms with Gasteiger partial charge in [-0.1, -0.05) is 13.0 Å². The second-order valence-electron chi connectivity index (χ2n) is 6.63. The van der Waals surface area contributed by atoms with E-state index in [1.165, 1.54) is 12.8 Å². The van der Waals surface area contributed by atoms with Crippen molar-refractivity contribution < 1.29 is 4.79 Å². The number of amides is 1. The molecule has 0 unspecified atom stereocenters. The zero-order valence-electron chi connectivity index (χ0n) is 14.8. The zero-order valence-corrected chi connectivity index (χ0v) is 14.8. The van der Waals surface area contributed by atoms with Crippen molar-refractivity contribution in [1.29, 1.82) is 0 Å². The van der Waals surface area contributed by atoms with Crippen LogP contribution in [0.2, 0.25) is 0 Å². The van der Waals surface area contributed by atoms with Crippen molar-refractivity contribution >= 4 is 17.3 Å². The summed E-state index contributed by atoms with van der Waals surface area (Å²) in [5.41, 5.74) is 9.41. The molecule has 0 atom stereocenters. The molecule has 0 saturated carbocycles. The largest absolute Gasteiger partial charge is 0.397 e. The molecule has 128 valence electrons. The predicted molar refractivity (Wildman–Crippen MR) is 97.7 cm³/mol. The summed E-state index contributed by atoms with van der Waals surface area (Å²) < 4.78 is 0. The number of hydrogen-bond donors (Lipinski definition) is 1. The van der Waals surface area contributed by atoms with E-state index in [1.807, 2.05) is 24.8 Å². The number of hydrogen-bond acceptors (Lipinski definition) is 3. The first-order valence-electron chi connectivity index (χ1n) is 8.96. The van der Waals surface area contributed by atoms with E-state index in [0.29, 0.717) is 6.42 Å². The highest BCUT2D eigenvalue weighted by molar-refractivity contribution is 5.76. The molecule has 23 heavy (non-hydrogen) atoms. The number of nitrogens with zero attached hydrogens (tertiary/aromatic N) is 2. The summed E-state index contributed by atoms with van der Waals surface area (Å²) >= 11 is 0. The average molecular weight is 317 g/mol. The van der Waals surface area contributed by atoms with Gasteiger partial charge in [-0.2, -0.15) is 0 Å². The van der Waals surface area contributed by atoms with Crippen LogP contribution in [0.3, 0.4) is 0 Å². The van der Waals surface area contributed by atoms with Gasteiger partial charge in [0.1, 0.15) is 0 Å². The molecule has 2 N–H and O–H groups in total. The third-order valence-electron chi connectivity index (χ3n) is 4.96. The van der Waals surface area contributed by atoms with Gasteiger partial charge < -0.3 is 15.5 Å². The Labute approximate surface area is 140 Å². The van der Waals surface area contributed by atoms with Crippen LogP contribution in [-0.2, 0) is 11.2 Å². The van der Waals surface area contributed by atoms with Gasteiger partial charge in [0, 0.05) is 32.6 Å². The maximum absolute atomic E-state index is 12.1. The van der Waals surface area contributed by atoms with E-state index in [-0.39, 0.29) is 5.91 Å². The fourth-order valence-corrected chi connectivity index (χ4v) is 3.28. The van der Waals surface area contributed by atoms with Crippen molar-refractivity contribution in [3.05, 3.63) is 23.8 Å². The average Bonchev–Trinajstić information content (AvgIpc) is 2.55. The Morgan fingerprint density at radius 2 is 1.91 bits per heavy atom. The van der Waals surface area contributed by atoms with Gasteiger partial charge in [-0.25, -0.2) is 0 Å². The summed E-state index contributed by atoms with van der Waals surface area (Å²) in [7, 11) is 0. The minimum atomic E-state index is 0.225. The van der Waals surface area contributed by atoms with Crippen molar-refractivity contribution in [3.8, 4) is 0 Å². The molecule has 1 saturated heterocycles. The van der Waals surface area contributed by atoms with Crippen LogP contribution in [0.4, 0.5) is 11.4 Å². The van der Waals surface area contributed by atoms with Crippen LogP contribution in [0.25, 0.3) is 0 Å². The Kier molecular flexibility index (Phi) is 6.31. The number of carbonyl (C=O) groups is 1. The lowest BCUT2D eigenvalue weighted by Gasteiger charge is -2.33. The molecule has 1 heterocycles. The molecule has 2 rings (SSSR count). The van der Waals surface area contributed by atoms with Crippen molar-refractivity contribution in [2.75, 3.05) is 36.8 Å². The molecule has 4 heteroatoms. The molecule has 0 bridgehead atoms. The number of nitrogens with two attached hydrogens (primary N) is 1. The van der Waals surface area contributed by atoms with E-state index in [4.69, 9.17) is 5.73 Å². The Hall–Kier alpha value is -1.71. The lowest BCUT2D eigenvalue weighted by molar-refractivity contribution is -0.130. The summed E-state index contributed by atoms with van der Waals surface area (Å²) in [6, 6.07) is 6.30. The van der Waals surface area contributed by atoms with E-state index in [2.05, 4.69) is 24.0 Å². The van der Waals surface area contributed by atoms with Gasteiger partial charge >= 0.3 is 0 Å². The molecule has 1 aromatic carbocycles. The van der Waals surface area contributed by atoms with E-state index in [9.17, 15) is 4.79 Å². The van der Waals surface area contributed by atoms with Crippen molar-refractivity contribution in [2.24, 2.45) is 5.92 Å². The molecule has 1 aliphatic rings. The van der Waals surface area contributed by atoms with Crippen LogP contribution in [0.1, 0.15) is 45.6 Å². The minimum absolute atomic E-state index is 0.225. The fourth-order valence-electron chi connectivity index (χ4n) is 3.28. The first-order valence-corrected chi connectivity index (χ1v) is 8.96. The molecule has 1 aromatic rings. The topological polar surface area (TPSA) is 49.6 Å². The minimum Gasteiger partial charge on any atom is -0.397 e. The van der Waals surface area contributed by atoms with Crippen LogP contribution in [0.5, 0.6) is 0 Å². The molecular formula is C19H31N3O. The Morgan fingerprint density at radius 1 is 1.26 bits per heavy atom. The number of carbonyl (C=O) groups excluding carboxylic acids is 1. The van der Waals surface area contributed by atoms with Crippen LogP contribution in [0, 0.1) is 5.92 Å². The Morgan fingerprint density at radius 3 is 2.48 bits per heavy atom. The molecule has 0 radical (unpaired) electrons. The molecule has 1 amide bonds. The van der Waals surface area contributed by atoms with E-state index in [1.54, 1.807) is 0 Å². The monoisotopic (exact) mass is 317 g/mol.